The van der Waals surface area contributed by atoms with Crippen LogP contribution in [-0.4, -0.2) is 16.9 Å². The van der Waals surface area contributed by atoms with Gasteiger partial charge in [-0.3, -0.25) is 4.79 Å². The lowest BCUT2D eigenvalue weighted by atomic mass is 10.2. The highest BCUT2D eigenvalue weighted by molar-refractivity contribution is 6.30. The molecule has 1 aromatic heterocycles. The maximum absolute atomic E-state index is 11.9. The molecule has 1 amide bonds. The molecule has 1 heterocycles. The number of hydrogen-bond acceptors (Lipinski definition) is 4. The number of carbonyl (C=O) groups excluding carboxylic acids is 1. The molecule has 2 N–H and O–H groups in total. The molecule has 0 bridgehead atoms. The Bertz CT molecular complexity index is 541. The summed E-state index contributed by atoms with van der Waals surface area (Å²) in [4.78, 5) is 15.9. The summed E-state index contributed by atoms with van der Waals surface area (Å²) in [7, 11) is 0. The van der Waals surface area contributed by atoms with Crippen molar-refractivity contribution in [3.8, 4) is 6.07 Å². The van der Waals surface area contributed by atoms with Crippen molar-refractivity contribution < 1.29 is 4.79 Å². The second-order valence-corrected chi connectivity index (χ2v) is 5.07. The van der Waals surface area contributed by atoms with Crippen LogP contribution in [0, 0.1) is 11.3 Å². The zero-order valence-corrected chi connectivity index (χ0v) is 11.7. The van der Waals surface area contributed by atoms with Crippen LogP contribution in [0.5, 0.6) is 0 Å². The van der Waals surface area contributed by atoms with Crippen LogP contribution in [0.2, 0.25) is 5.02 Å². The largest absolute Gasteiger partial charge is 0.349 e. The standard InChI is InChI=1S/C14H15ClN4O/c15-11-5-6-13(18-9-11)17-8-10(7-16)14(20)19-12-3-1-2-4-12/h5-6,8-9,12H,1-4H2,(H,17,18)(H,19,20)/b10-8-. The van der Waals surface area contributed by atoms with Gasteiger partial charge in [0.05, 0.1) is 5.02 Å². The normalized spacial score (nSPS) is 15.7. The zero-order chi connectivity index (χ0) is 14.4. The van der Waals surface area contributed by atoms with E-state index in [4.69, 9.17) is 16.9 Å². The number of pyridine rings is 1. The Morgan fingerprint density at radius 2 is 2.20 bits per heavy atom. The first-order valence-electron chi connectivity index (χ1n) is 6.48. The van der Waals surface area contributed by atoms with Gasteiger partial charge < -0.3 is 10.6 Å². The van der Waals surface area contributed by atoms with Gasteiger partial charge in [-0.2, -0.15) is 5.26 Å². The first-order valence-corrected chi connectivity index (χ1v) is 6.86. The van der Waals surface area contributed by atoms with Crippen molar-refractivity contribution in [1.82, 2.24) is 10.3 Å². The summed E-state index contributed by atoms with van der Waals surface area (Å²) in [5.74, 6) is 0.177. The lowest BCUT2D eigenvalue weighted by Crippen LogP contribution is -2.33. The van der Waals surface area contributed by atoms with E-state index >= 15 is 0 Å². The maximum atomic E-state index is 11.9. The van der Waals surface area contributed by atoms with Crippen LogP contribution in [0.4, 0.5) is 5.82 Å². The number of aromatic nitrogens is 1. The average Bonchev–Trinajstić information content (AvgIpc) is 2.94. The minimum atomic E-state index is -0.346. The molecule has 1 fully saturated rings. The first-order chi connectivity index (χ1) is 9.69. The fourth-order valence-electron chi connectivity index (χ4n) is 2.09. The van der Waals surface area contributed by atoms with Gasteiger partial charge in [0.2, 0.25) is 0 Å². The topological polar surface area (TPSA) is 77.8 Å². The van der Waals surface area contributed by atoms with E-state index in [1.807, 2.05) is 6.07 Å². The fourth-order valence-corrected chi connectivity index (χ4v) is 2.20. The molecule has 0 atom stereocenters. The summed E-state index contributed by atoms with van der Waals surface area (Å²) in [6, 6.07) is 5.42. The third-order valence-corrected chi connectivity index (χ3v) is 3.37. The van der Waals surface area contributed by atoms with E-state index in [1.54, 1.807) is 12.1 Å². The SMILES string of the molecule is N#C/C(=C/Nc1ccc(Cl)cn1)C(=O)NC1CCCC1. The molecule has 0 saturated heterocycles. The van der Waals surface area contributed by atoms with Crippen LogP contribution in [0.15, 0.2) is 30.1 Å². The molecule has 0 unspecified atom stereocenters. The third-order valence-electron chi connectivity index (χ3n) is 3.15. The predicted molar refractivity (Wildman–Crippen MR) is 77.0 cm³/mol. The van der Waals surface area contributed by atoms with Gasteiger partial charge in [-0.05, 0) is 25.0 Å². The minimum absolute atomic E-state index is 0.0358. The Morgan fingerprint density at radius 3 is 2.80 bits per heavy atom. The Morgan fingerprint density at radius 1 is 1.45 bits per heavy atom. The van der Waals surface area contributed by atoms with E-state index in [0.29, 0.717) is 10.8 Å². The van der Waals surface area contributed by atoms with Crippen molar-refractivity contribution in [1.29, 1.82) is 5.26 Å². The van der Waals surface area contributed by atoms with Crippen molar-refractivity contribution in [3.05, 3.63) is 35.1 Å². The van der Waals surface area contributed by atoms with Crippen molar-refractivity contribution in [2.75, 3.05) is 5.32 Å². The second-order valence-electron chi connectivity index (χ2n) is 4.63. The van der Waals surface area contributed by atoms with Crippen LogP contribution in [-0.2, 0) is 4.79 Å². The van der Waals surface area contributed by atoms with Gasteiger partial charge in [-0.1, -0.05) is 24.4 Å². The zero-order valence-electron chi connectivity index (χ0n) is 10.9. The van der Waals surface area contributed by atoms with Crippen molar-refractivity contribution in [3.63, 3.8) is 0 Å². The molecule has 1 aliphatic rings. The summed E-state index contributed by atoms with van der Waals surface area (Å²) < 4.78 is 0. The van der Waals surface area contributed by atoms with E-state index in [2.05, 4.69) is 15.6 Å². The number of amides is 1. The quantitative estimate of drug-likeness (QED) is 0.660. The molecule has 0 radical (unpaired) electrons. The fraction of sp³-hybridized carbons (Fsp3) is 0.357. The molecule has 104 valence electrons. The molecule has 1 aliphatic carbocycles. The maximum Gasteiger partial charge on any atom is 0.263 e. The first kappa shape index (κ1) is 14.4. The van der Waals surface area contributed by atoms with E-state index in [1.165, 1.54) is 12.4 Å². The monoisotopic (exact) mass is 290 g/mol. The second kappa shape index (κ2) is 6.92. The Kier molecular flexibility index (Phi) is 4.97. The summed E-state index contributed by atoms with van der Waals surface area (Å²) in [5.41, 5.74) is 0.0358. The number of hydrogen-bond donors (Lipinski definition) is 2. The molecular weight excluding hydrogens is 276 g/mol. The Hall–Kier alpha value is -2.06. The van der Waals surface area contributed by atoms with Gasteiger partial charge in [0.25, 0.3) is 5.91 Å². The van der Waals surface area contributed by atoms with Gasteiger partial charge >= 0.3 is 0 Å². The lowest BCUT2D eigenvalue weighted by molar-refractivity contribution is -0.117. The summed E-state index contributed by atoms with van der Waals surface area (Å²) in [6.07, 6.45) is 7.07. The molecule has 1 saturated carbocycles. The Balaban J connectivity index is 1.96. The molecule has 0 aromatic carbocycles. The number of nitrogens with one attached hydrogen (secondary N) is 2. The van der Waals surface area contributed by atoms with E-state index < -0.39 is 0 Å². The lowest BCUT2D eigenvalue weighted by Gasteiger charge is -2.11. The smallest absolute Gasteiger partial charge is 0.263 e. The molecule has 6 heteroatoms. The van der Waals surface area contributed by atoms with Crippen molar-refractivity contribution >= 4 is 23.3 Å². The Labute approximate surface area is 122 Å². The van der Waals surface area contributed by atoms with Crippen molar-refractivity contribution in [2.24, 2.45) is 0 Å². The highest BCUT2D eigenvalue weighted by Crippen LogP contribution is 2.18. The van der Waals surface area contributed by atoms with Crippen LogP contribution >= 0.6 is 11.6 Å². The average molecular weight is 291 g/mol. The van der Waals surface area contributed by atoms with Gasteiger partial charge in [-0.25, -0.2) is 4.98 Å². The van der Waals surface area contributed by atoms with Gasteiger partial charge in [0, 0.05) is 18.4 Å². The van der Waals surface area contributed by atoms with E-state index in [0.717, 1.165) is 25.7 Å². The molecule has 5 nitrogen and oxygen atoms in total. The highest BCUT2D eigenvalue weighted by atomic mass is 35.5. The summed E-state index contributed by atoms with van der Waals surface area (Å²) >= 11 is 5.73. The number of anilines is 1. The van der Waals surface area contributed by atoms with Crippen LogP contribution in [0.3, 0.4) is 0 Å². The summed E-state index contributed by atoms with van der Waals surface area (Å²) in [5, 5.41) is 15.2. The van der Waals surface area contributed by atoms with Crippen LogP contribution in [0.25, 0.3) is 0 Å². The number of nitriles is 1. The van der Waals surface area contributed by atoms with Gasteiger partial charge in [-0.15, -0.1) is 0 Å². The molecule has 0 spiro atoms. The number of nitrogens with zero attached hydrogens (tertiary/aromatic N) is 2. The molecule has 1 aromatic rings. The van der Waals surface area contributed by atoms with E-state index in [-0.39, 0.29) is 17.5 Å². The van der Waals surface area contributed by atoms with E-state index in [9.17, 15) is 4.79 Å². The minimum Gasteiger partial charge on any atom is -0.349 e. The van der Waals surface area contributed by atoms with Gasteiger partial charge in [0.1, 0.15) is 17.5 Å². The molecular formula is C14H15ClN4O. The van der Waals surface area contributed by atoms with Crippen molar-refractivity contribution in [2.45, 2.75) is 31.7 Å². The third kappa shape index (κ3) is 3.97. The summed E-state index contributed by atoms with van der Waals surface area (Å²) in [6.45, 7) is 0. The van der Waals surface area contributed by atoms with Crippen LogP contribution in [0.1, 0.15) is 25.7 Å². The number of carbonyl (C=O) groups is 1. The molecule has 2 rings (SSSR count). The highest BCUT2D eigenvalue weighted by Gasteiger charge is 2.19. The predicted octanol–water partition coefficient (Wildman–Crippen LogP) is 2.61. The van der Waals surface area contributed by atoms with Crippen LogP contribution < -0.4 is 10.6 Å². The van der Waals surface area contributed by atoms with Gasteiger partial charge in [0.15, 0.2) is 0 Å². The number of rotatable bonds is 4. The number of halogens is 1. The molecule has 20 heavy (non-hydrogen) atoms. The molecule has 0 aliphatic heterocycles.